The molecule has 0 N–H and O–H groups in total. The summed E-state index contributed by atoms with van der Waals surface area (Å²) >= 11 is 20.1. The van der Waals surface area contributed by atoms with E-state index in [2.05, 4.69) is 9.97 Å². The number of para-hydroxylation sites is 1. The number of carbonyl (C=O) groups is 1. The molecule has 0 spiro atoms. The van der Waals surface area contributed by atoms with E-state index in [1.807, 2.05) is 22.9 Å². The first-order chi connectivity index (χ1) is 14.0. The zero-order chi connectivity index (χ0) is 20.4. The van der Waals surface area contributed by atoms with Gasteiger partial charge in [-0.3, -0.25) is 9.69 Å². The second-order valence-electron chi connectivity index (χ2n) is 6.32. The van der Waals surface area contributed by atoms with E-state index >= 15 is 0 Å². The van der Waals surface area contributed by atoms with Crippen LogP contribution in [0.3, 0.4) is 0 Å². The Balaban J connectivity index is 0.00000256. The van der Waals surface area contributed by atoms with Crippen LogP contribution in [-0.2, 0) is 6.54 Å². The van der Waals surface area contributed by atoms with E-state index in [9.17, 15) is 4.79 Å². The molecule has 30 heavy (non-hydrogen) atoms. The number of amides is 1. The van der Waals surface area contributed by atoms with Crippen molar-refractivity contribution in [2.24, 2.45) is 0 Å². The van der Waals surface area contributed by atoms with Crippen LogP contribution in [0.4, 0.5) is 5.13 Å². The van der Waals surface area contributed by atoms with Crippen molar-refractivity contribution in [1.29, 1.82) is 0 Å². The molecule has 2 aromatic heterocycles. The Morgan fingerprint density at radius 1 is 1.13 bits per heavy atom. The molecule has 156 valence electrons. The van der Waals surface area contributed by atoms with Crippen LogP contribution in [0.25, 0.3) is 10.2 Å². The van der Waals surface area contributed by atoms with E-state index in [-0.39, 0.29) is 18.3 Å². The third-order valence-electron chi connectivity index (χ3n) is 4.35. The first kappa shape index (κ1) is 22.8. The van der Waals surface area contributed by atoms with Gasteiger partial charge < -0.3 is 4.57 Å². The van der Waals surface area contributed by atoms with Gasteiger partial charge in [-0.05, 0) is 36.8 Å². The highest BCUT2D eigenvalue weighted by Crippen LogP contribution is 2.34. The van der Waals surface area contributed by atoms with Crippen LogP contribution in [0.15, 0.2) is 55.1 Å². The van der Waals surface area contributed by atoms with E-state index in [0.717, 1.165) is 11.2 Å². The molecule has 10 heteroatoms. The maximum absolute atomic E-state index is 13.4. The van der Waals surface area contributed by atoms with Gasteiger partial charge in [0.05, 0.1) is 26.6 Å². The lowest BCUT2D eigenvalue weighted by atomic mass is 10.2. The molecule has 0 atom stereocenters. The molecule has 0 aliphatic heterocycles. The number of hydrogen-bond donors (Lipinski definition) is 0. The average Bonchev–Trinajstić information content (AvgIpc) is 3.37. The zero-order valence-electron chi connectivity index (χ0n) is 15.5. The summed E-state index contributed by atoms with van der Waals surface area (Å²) in [4.78, 5) is 23.7. The predicted octanol–water partition coefficient (Wildman–Crippen LogP) is 6.61. The molecule has 0 unspecified atom stereocenters. The maximum atomic E-state index is 13.4. The molecule has 0 aliphatic carbocycles. The van der Waals surface area contributed by atoms with E-state index in [4.69, 9.17) is 34.8 Å². The summed E-state index contributed by atoms with van der Waals surface area (Å²) in [6.45, 7) is 1.18. The Labute approximate surface area is 198 Å². The number of nitrogens with zero attached hydrogens (tertiary/aromatic N) is 4. The lowest BCUT2D eigenvalue weighted by molar-refractivity contribution is 0.0986. The summed E-state index contributed by atoms with van der Waals surface area (Å²) in [7, 11) is 0. The highest BCUT2D eigenvalue weighted by molar-refractivity contribution is 7.22. The van der Waals surface area contributed by atoms with Crippen molar-refractivity contribution in [3.63, 3.8) is 0 Å². The quantitative estimate of drug-likeness (QED) is 0.298. The Morgan fingerprint density at radius 3 is 2.70 bits per heavy atom. The van der Waals surface area contributed by atoms with Crippen molar-refractivity contribution in [3.05, 3.63) is 75.8 Å². The molecule has 0 saturated heterocycles. The van der Waals surface area contributed by atoms with Crippen molar-refractivity contribution in [3.8, 4) is 0 Å². The molecular formula is C20H16Cl4N4OS. The molecule has 4 aromatic rings. The number of hydrogen-bond acceptors (Lipinski definition) is 4. The lowest BCUT2D eigenvalue weighted by Gasteiger charge is -2.20. The van der Waals surface area contributed by atoms with Crippen LogP contribution in [0.2, 0.25) is 15.1 Å². The van der Waals surface area contributed by atoms with Crippen LogP contribution in [0.1, 0.15) is 16.8 Å². The number of carbonyl (C=O) groups excluding carboxylic acids is 1. The zero-order valence-corrected chi connectivity index (χ0v) is 19.4. The van der Waals surface area contributed by atoms with E-state index in [1.54, 1.807) is 41.7 Å². The molecule has 0 radical (unpaired) electrons. The molecule has 0 fully saturated rings. The van der Waals surface area contributed by atoms with Gasteiger partial charge in [-0.2, -0.15) is 0 Å². The van der Waals surface area contributed by atoms with Crippen LogP contribution in [-0.4, -0.2) is 27.0 Å². The normalized spacial score (nSPS) is 10.8. The van der Waals surface area contributed by atoms with Crippen molar-refractivity contribution in [2.45, 2.75) is 13.0 Å². The number of imidazole rings is 1. The molecule has 2 aromatic carbocycles. The van der Waals surface area contributed by atoms with Gasteiger partial charge in [0.1, 0.15) is 5.52 Å². The second-order valence-corrected chi connectivity index (χ2v) is 8.58. The Hall–Kier alpha value is -1.83. The summed E-state index contributed by atoms with van der Waals surface area (Å²) in [5, 5.41) is 1.91. The fraction of sp³-hybridized carbons (Fsp3) is 0.150. The fourth-order valence-corrected chi connectivity index (χ4v) is 4.60. The molecule has 1 amide bonds. The number of halogens is 4. The Kier molecular flexibility index (Phi) is 7.60. The number of benzene rings is 2. The summed E-state index contributed by atoms with van der Waals surface area (Å²) in [5.74, 6) is -0.252. The Bertz CT molecular complexity index is 1160. The minimum atomic E-state index is -0.252. The largest absolute Gasteiger partial charge is 0.337 e. The van der Waals surface area contributed by atoms with Gasteiger partial charge in [-0.15, -0.1) is 12.4 Å². The molecule has 0 aliphatic rings. The number of thiazole rings is 1. The highest BCUT2D eigenvalue weighted by atomic mass is 35.5. The Morgan fingerprint density at radius 2 is 1.97 bits per heavy atom. The number of anilines is 1. The van der Waals surface area contributed by atoms with Crippen LogP contribution in [0.5, 0.6) is 0 Å². The molecule has 2 heterocycles. The predicted molar refractivity (Wildman–Crippen MR) is 127 cm³/mol. The standard InChI is InChI=1S/C20H15Cl3N4OS.ClH/c21-13-5-6-15(22)14(11-13)19(28)27(9-2-8-26-10-7-24-12-26)20-25-18-16(23)3-1-4-17(18)29-20;/h1,3-7,10-12H,2,8-9H2;1H. The van der Waals surface area contributed by atoms with E-state index in [1.165, 1.54) is 11.3 Å². The highest BCUT2D eigenvalue weighted by Gasteiger charge is 2.23. The number of fused-ring (bicyclic) bond motifs is 1. The SMILES string of the molecule is Cl.O=C(c1cc(Cl)ccc1Cl)N(CCCn1ccnc1)c1nc2c(Cl)cccc2s1. The van der Waals surface area contributed by atoms with Gasteiger partial charge in [-0.25, -0.2) is 9.97 Å². The molecular weight excluding hydrogens is 486 g/mol. The maximum Gasteiger partial charge on any atom is 0.261 e. The van der Waals surface area contributed by atoms with Gasteiger partial charge in [0.15, 0.2) is 5.13 Å². The molecule has 0 saturated carbocycles. The first-order valence-electron chi connectivity index (χ1n) is 8.80. The van der Waals surface area contributed by atoms with Gasteiger partial charge in [0.2, 0.25) is 0 Å². The fourth-order valence-electron chi connectivity index (χ4n) is 2.94. The smallest absolute Gasteiger partial charge is 0.261 e. The van der Waals surface area contributed by atoms with Gasteiger partial charge in [0, 0.05) is 30.5 Å². The summed E-state index contributed by atoms with van der Waals surface area (Å²) in [6.07, 6.45) is 6.07. The minimum Gasteiger partial charge on any atom is -0.337 e. The summed E-state index contributed by atoms with van der Waals surface area (Å²) in [5.41, 5.74) is 1.02. The summed E-state index contributed by atoms with van der Waals surface area (Å²) in [6, 6.07) is 10.4. The average molecular weight is 502 g/mol. The minimum absolute atomic E-state index is 0. The van der Waals surface area contributed by atoms with Crippen LogP contribution >= 0.6 is 58.5 Å². The van der Waals surface area contributed by atoms with Crippen molar-refractivity contribution >= 4 is 79.8 Å². The number of rotatable bonds is 6. The number of aryl methyl sites for hydroxylation is 1. The topological polar surface area (TPSA) is 51.0 Å². The first-order valence-corrected chi connectivity index (χ1v) is 10.8. The van der Waals surface area contributed by atoms with E-state index in [0.29, 0.717) is 44.2 Å². The van der Waals surface area contributed by atoms with E-state index < -0.39 is 0 Å². The number of aromatic nitrogens is 3. The molecule has 0 bridgehead atoms. The van der Waals surface area contributed by atoms with Crippen molar-refractivity contribution in [1.82, 2.24) is 14.5 Å². The van der Waals surface area contributed by atoms with Gasteiger partial charge in [0.25, 0.3) is 5.91 Å². The monoisotopic (exact) mass is 500 g/mol. The van der Waals surface area contributed by atoms with Gasteiger partial charge in [-0.1, -0.05) is 52.2 Å². The van der Waals surface area contributed by atoms with Crippen molar-refractivity contribution in [2.75, 3.05) is 11.4 Å². The van der Waals surface area contributed by atoms with Gasteiger partial charge >= 0.3 is 0 Å². The van der Waals surface area contributed by atoms with Crippen molar-refractivity contribution < 1.29 is 4.79 Å². The summed E-state index contributed by atoms with van der Waals surface area (Å²) < 4.78 is 2.88. The van der Waals surface area contributed by atoms with Crippen LogP contribution < -0.4 is 4.90 Å². The molecule has 4 rings (SSSR count). The van der Waals surface area contributed by atoms with Crippen LogP contribution in [0, 0.1) is 0 Å². The lowest BCUT2D eigenvalue weighted by Crippen LogP contribution is -2.32. The second kappa shape index (κ2) is 9.98. The third kappa shape index (κ3) is 4.90. The third-order valence-corrected chi connectivity index (χ3v) is 6.26. The molecule has 5 nitrogen and oxygen atoms in total.